The lowest BCUT2D eigenvalue weighted by Gasteiger charge is -2.19. The van der Waals surface area contributed by atoms with Crippen molar-refractivity contribution in [3.63, 3.8) is 0 Å². The Kier molecular flexibility index (Phi) is 6.97. The Morgan fingerprint density at radius 1 is 1.00 bits per heavy atom. The summed E-state index contributed by atoms with van der Waals surface area (Å²) in [5.74, 6) is 6.26. The Labute approximate surface area is 208 Å². The van der Waals surface area contributed by atoms with Crippen LogP contribution >= 0.6 is 22.1 Å². The number of carbonyl (C=O) groups excluding carboxylic acids is 1. The fourth-order valence-electron chi connectivity index (χ4n) is 3.73. The summed E-state index contributed by atoms with van der Waals surface area (Å²) in [7, 11) is -0.0905. The zero-order valence-corrected chi connectivity index (χ0v) is 21.2. The predicted octanol–water partition coefficient (Wildman–Crippen LogP) is 7.60. The number of halogens is 1. The zero-order valence-electron chi connectivity index (χ0n) is 19.6. The number of thiophene rings is 1. The average molecular weight is 490 g/mol. The number of aryl methyl sites for hydroxylation is 2. The maximum absolute atomic E-state index is 12.5. The molecule has 1 heterocycles. The number of carbonyl (C=O) groups is 1. The minimum absolute atomic E-state index is 0.0905. The third kappa shape index (κ3) is 5.62. The number of rotatable bonds is 5. The fraction of sp³-hybridized carbons (Fsp3) is 0.207. The molecule has 1 aromatic heterocycles. The second-order valence-electron chi connectivity index (χ2n) is 8.59. The average Bonchev–Trinajstić information content (AvgIpc) is 3.22. The highest BCUT2D eigenvalue weighted by Gasteiger charge is 2.22. The molecule has 1 unspecified atom stereocenters. The summed E-state index contributed by atoms with van der Waals surface area (Å²) in [6.07, 6.45) is 0. The third-order valence-corrected chi connectivity index (χ3v) is 7.53. The minimum atomic E-state index is -0.947. The van der Waals surface area contributed by atoms with Gasteiger partial charge in [-0.15, -0.1) is 0 Å². The van der Waals surface area contributed by atoms with Gasteiger partial charge in [0.2, 0.25) is 0 Å². The van der Waals surface area contributed by atoms with Crippen LogP contribution in [0.5, 0.6) is 5.75 Å². The summed E-state index contributed by atoms with van der Waals surface area (Å²) in [6.45, 7) is 7.35. The van der Waals surface area contributed by atoms with E-state index in [1.807, 2.05) is 26.0 Å². The van der Waals surface area contributed by atoms with E-state index in [-0.39, 0.29) is 17.1 Å². The first-order valence-electron chi connectivity index (χ1n) is 11.0. The predicted molar refractivity (Wildman–Crippen MR) is 141 cm³/mol. The molecular weight excluding hydrogens is 464 g/mol. The van der Waals surface area contributed by atoms with Crippen molar-refractivity contribution in [2.75, 3.05) is 6.61 Å². The van der Waals surface area contributed by atoms with Crippen LogP contribution in [-0.4, -0.2) is 18.2 Å². The number of ether oxygens (including phenoxy) is 2. The van der Waals surface area contributed by atoms with E-state index in [0.717, 1.165) is 16.7 Å². The number of benzene rings is 3. The summed E-state index contributed by atoms with van der Waals surface area (Å²) < 4.78 is 12.8. The number of hydrogen-bond donors (Lipinski definition) is 0. The summed E-state index contributed by atoms with van der Waals surface area (Å²) in [5.41, 5.74) is 1.85. The molecule has 0 aliphatic carbocycles. The van der Waals surface area contributed by atoms with Crippen molar-refractivity contribution in [2.24, 2.45) is 0 Å². The summed E-state index contributed by atoms with van der Waals surface area (Å²) in [5, 5.41) is 4.17. The molecule has 0 fully saturated rings. The van der Waals surface area contributed by atoms with Crippen LogP contribution in [0.4, 0.5) is 0 Å². The minimum Gasteiger partial charge on any atom is -0.481 e. The van der Waals surface area contributed by atoms with Gasteiger partial charge >= 0.3 is 5.97 Å². The van der Waals surface area contributed by atoms with Gasteiger partial charge in [0.15, 0.2) is 21.8 Å². The van der Waals surface area contributed by atoms with E-state index < -0.39 is 11.6 Å². The van der Waals surface area contributed by atoms with Gasteiger partial charge in [-0.05, 0) is 75.2 Å². The van der Waals surface area contributed by atoms with E-state index in [4.69, 9.17) is 21.1 Å². The molecule has 0 bridgehead atoms. The van der Waals surface area contributed by atoms with Crippen molar-refractivity contribution in [3.8, 4) is 22.5 Å². The molecule has 5 heteroatoms. The molecule has 0 N–H and O–H groups in total. The van der Waals surface area contributed by atoms with Crippen molar-refractivity contribution in [2.45, 2.75) is 33.3 Å². The first kappa shape index (κ1) is 23.9. The standard InChI is InChI=1S/C29H26ClO3S/c1-20-17-25(34-16-14-23-7-5-6-8-26(23)34)18-21(2)28(20)32-19-27(31)33-29(3,4)15-13-22-9-11-24(30)12-10-22/h5-12,14,16-18H,19H2,1-4H3/q+1. The van der Waals surface area contributed by atoms with Gasteiger partial charge in [-0.1, -0.05) is 35.6 Å². The van der Waals surface area contributed by atoms with Crippen molar-refractivity contribution >= 4 is 38.1 Å². The highest BCUT2D eigenvalue weighted by molar-refractivity contribution is 7.43. The van der Waals surface area contributed by atoms with Gasteiger partial charge in [0.1, 0.15) is 11.1 Å². The SMILES string of the molecule is Cc1cc(-[s+]2ccc3ccccc32)cc(C)c1OCC(=O)OC(C)(C)C#Cc1ccc(Cl)cc1. The lowest BCUT2D eigenvalue weighted by Crippen LogP contribution is -2.29. The highest BCUT2D eigenvalue weighted by Crippen LogP contribution is 2.42. The van der Waals surface area contributed by atoms with Crippen molar-refractivity contribution in [1.29, 1.82) is 0 Å². The molecule has 34 heavy (non-hydrogen) atoms. The molecule has 0 aliphatic heterocycles. The quantitative estimate of drug-likeness (QED) is 0.164. The van der Waals surface area contributed by atoms with Crippen LogP contribution < -0.4 is 4.74 Å². The van der Waals surface area contributed by atoms with Crippen molar-refractivity contribution in [1.82, 2.24) is 0 Å². The topological polar surface area (TPSA) is 35.5 Å². The highest BCUT2D eigenvalue weighted by atomic mass is 35.5. The summed E-state index contributed by atoms with van der Waals surface area (Å²) in [4.78, 5) is 13.7. The zero-order chi connectivity index (χ0) is 24.3. The molecule has 0 spiro atoms. The Hall–Kier alpha value is -3.26. The largest absolute Gasteiger partial charge is 0.481 e. The second kappa shape index (κ2) is 9.93. The summed E-state index contributed by atoms with van der Waals surface area (Å²) >= 11 is 5.91. The maximum atomic E-state index is 12.5. The van der Waals surface area contributed by atoms with Gasteiger partial charge in [0.05, 0.1) is 0 Å². The van der Waals surface area contributed by atoms with Gasteiger partial charge in [-0.2, -0.15) is 0 Å². The molecule has 172 valence electrons. The molecule has 0 aliphatic rings. The lowest BCUT2D eigenvalue weighted by atomic mass is 10.1. The Morgan fingerprint density at radius 2 is 1.68 bits per heavy atom. The van der Waals surface area contributed by atoms with E-state index in [1.165, 1.54) is 15.0 Å². The molecule has 0 saturated heterocycles. The van der Waals surface area contributed by atoms with E-state index >= 15 is 0 Å². The van der Waals surface area contributed by atoms with Crippen LogP contribution in [-0.2, 0) is 9.53 Å². The van der Waals surface area contributed by atoms with Crippen molar-refractivity contribution < 1.29 is 14.3 Å². The molecular formula is C29H26ClO3S+. The van der Waals surface area contributed by atoms with Gasteiger partial charge in [0, 0.05) is 44.6 Å². The molecule has 1 atom stereocenters. The Balaban J connectivity index is 1.43. The van der Waals surface area contributed by atoms with E-state index in [1.54, 1.807) is 26.0 Å². The van der Waals surface area contributed by atoms with Gasteiger partial charge < -0.3 is 9.47 Å². The molecule has 0 amide bonds. The molecule has 4 rings (SSSR count). The van der Waals surface area contributed by atoms with E-state index in [0.29, 0.717) is 10.8 Å². The summed E-state index contributed by atoms with van der Waals surface area (Å²) in [6, 6.07) is 22.1. The van der Waals surface area contributed by atoms with Crippen LogP contribution in [0.15, 0.2) is 72.1 Å². The van der Waals surface area contributed by atoms with Gasteiger partial charge in [0.25, 0.3) is 0 Å². The van der Waals surface area contributed by atoms with Crippen LogP contribution in [0.25, 0.3) is 15.0 Å². The van der Waals surface area contributed by atoms with Crippen LogP contribution in [0.2, 0.25) is 5.02 Å². The normalized spacial score (nSPS) is 11.6. The van der Waals surface area contributed by atoms with Gasteiger partial charge in [-0.3, -0.25) is 0 Å². The van der Waals surface area contributed by atoms with E-state index in [9.17, 15) is 4.79 Å². The second-order valence-corrected chi connectivity index (χ2v) is 10.9. The Morgan fingerprint density at radius 3 is 2.38 bits per heavy atom. The van der Waals surface area contributed by atoms with Crippen LogP contribution in [0, 0.1) is 25.7 Å². The number of hydrogen-bond acceptors (Lipinski definition) is 3. The molecule has 3 nitrogen and oxygen atoms in total. The monoisotopic (exact) mass is 489 g/mol. The molecule has 3 aromatic carbocycles. The van der Waals surface area contributed by atoms with E-state index in [2.05, 4.69) is 59.7 Å². The lowest BCUT2D eigenvalue weighted by molar-refractivity contribution is -0.154. The van der Waals surface area contributed by atoms with Gasteiger partial charge in [-0.25, -0.2) is 4.79 Å². The first-order chi connectivity index (χ1) is 16.2. The van der Waals surface area contributed by atoms with Crippen LogP contribution in [0.3, 0.4) is 0 Å². The molecule has 0 saturated carbocycles. The maximum Gasteiger partial charge on any atom is 0.345 e. The van der Waals surface area contributed by atoms with Crippen LogP contribution in [0.1, 0.15) is 30.5 Å². The smallest absolute Gasteiger partial charge is 0.345 e. The molecule has 4 aromatic rings. The third-order valence-electron chi connectivity index (χ3n) is 5.28. The first-order valence-corrected chi connectivity index (χ1v) is 12.6. The number of esters is 1. The van der Waals surface area contributed by atoms with Crippen molar-refractivity contribution in [3.05, 3.63) is 93.8 Å². The fourth-order valence-corrected chi connectivity index (χ4v) is 5.92. The number of fused-ring (bicyclic) bond motifs is 1. The molecule has 0 radical (unpaired) electrons. The Bertz CT molecular complexity index is 1380.